The number of hydrogen-bond acceptors (Lipinski definition) is 3. The highest BCUT2D eigenvalue weighted by Crippen LogP contribution is 2.43. The van der Waals surface area contributed by atoms with Crippen molar-refractivity contribution in [1.29, 1.82) is 0 Å². The van der Waals surface area contributed by atoms with Gasteiger partial charge in [0.2, 0.25) is 0 Å². The molecule has 3 nitrogen and oxygen atoms in total. The van der Waals surface area contributed by atoms with Crippen molar-refractivity contribution in [2.75, 3.05) is 12.4 Å². The van der Waals surface area contributed by atoms with Gasteiger partial charge in [0.25, 0.3) is 0 Å². The summed E-state index contributed by atoms with van der Waals surface area (Å²) in [6, 6.07) is 14.4. The molecule has 5 heteroatoms. The molecule has 0 spiro atoms. The molecule has 1 unspecified atom stereocenters. The molecule has 0 heterocycles. The van der Waals surface area contributed by atoms with E-state index >= 15 is 0 Å². The molecule has 0 bridgehead atoms. The number of halogens is 1. The van der Waals surface area contributed by atoms with E-state index in [-0.39, 0.29) is 11.1 Å². The minimum Gasteiger partial charge on any atom is -0.496 e. The van der Waals surface area contributed by atoms with Crippen LogP contribution < -0.4 is 10.1 Å². The van der Waals surface area contributed by atoms with Gasteiger partial charge in [0.05, 0.1) is 13.2 Å². The van der Waals surface area contributed by atoms with Gasteiger partial charge in [-0.05, 0) is 48.0 Å². The van der Waals surface area contributed by atoms with Crippen LogP contribution in [0.15, 0.2) is 59.6 Å². The van der Waals surface area contributed by atoms with Crippen LogP contribution in [0.2, 0.25) is 18.1 Å². The van der Waals surface area contributed by atoms with Gasteiger partial charge in [-0.1, -0.05) is 61.0 Å². The third-order valence-electron chi connectivity index (χ3n) is 5.41. The van der Waals surface area contributed by atoms with E-state index in [1.54, 1.807) is 7.11 Å². The summed E-state index contributed by atoms with van der Waals surface area (Å²) in [5, 5.41) is 3.67. The van der Waals surface area contributed by atoms with E-state index in [0.29, 0.717) is 0 Å². The third kappa shape index (κ3) is 5.49. The zero-order valence-corrected chi connectivity index (χ0v) is 20.4. The van der Waals surface area contributed by atoms with Crippen molar-refractivity contribution in [3.63, 3.8) is 0 Å². The van der Waals surface area contributed by atoms with Crippen molar-refractivity contribution in [1.82, 2.24) is 0 Å². The summed E-state index contributed by atoms with van der Waals surface area (Å²) in [6.07, 6.45) is 1.65. The van der Waals surface area contributed by atoms with E-state index in [9.17, 15) is 0 Å². The van der Waals surface area contributed by atoms with E-state index in [0.717, 1.165) is 28.0 Å². The van der Waals surface area contributed by atoms with Crippen LogP contribution >= 0.6 is 15.9 Å². The second-order valence-corrected chi connectivity index (χ2v) is 14.1. The van der Waals surface area contributed by atoms with Gasteiger partial charge in [0.1, 0.15) is 5.75 Å². The molecular formula is C23H32BrNO2Si. The molecule has 0 amide bonds. The SMILES string of the molecule is C=CC(O[Si](C)(C)C(C)(C)C)c1c(NCc2ccc(Br)cc2)cccc1OC. The molecule has 2 aromatic carbocycles. The number of benzene rings is 2. The van der Waals surface area contributed by atoms with Gasteiger partial charge in [-0.25, -0.2) is 0 Å². The summed E-state index contributed by atoms with van der Waals surface area (Å²) in [5.41, 5.74) is 3.21. The fraction of sp³-hybridized carbons (Fsp3) is 0.391. The van der Waals surface area contributed by atoms with Crippen molar-refractivity contribution in [2.24, 2.45) is 0 Å². The van der Waals surface area contributed by atoms with E-state index in [1.807, 2.05) is 18.2 Å². The van der Waals surface area contributed by atoms with Crippen LogP contribution in [0.4, 0.5) is 5.69 Å². The lowest BCUT2D eigenvalue weighted by Gasteiger charge is -2.39. The molecule has 1 N–H and O–H groups in total. The second-order valence-electron chi connectivity index (χ2n) is 8.44. The Bertz CT molecular complexity index is 797. The zero-order valence-electron chi connectivity index (χ0n) is 17.8. The Balaban J connectivity index is 2.35. The minimum atomic E-state index is -1.98. The molecule has 0 fully saturated rings. The van der Waals surface area contributed by atoms with Crippen molar-refractivity contribution < 1.29 is 9.16 Å². The number of methoxy groups -OCH3 is 1. The molecule has 0 saturated carbocycles. The Kier molecular flexibility index (Phi) is 7.54. The summed E-state index contributed by atoms with van der Waals surface area (Å²) in [5.74, 6) is 0.810. The van der Waals surface area contributed by atoms with E-state index < -0.39 is 8.32 Å². The van der Waals surface area contributed by atoms with Crippen molar-refractivity contribution in [2.45, 2.75) is 51.6 Å². The van der Waals surface area contributed by atoms with Crippen molar-refractivity contribution in [3.8, 4) is 5.75 Å². The Morgan fingerprint density at radius 3 is 2.32 bits per heavy atom. The molecule has 0 saturated heterocycles. The standard InChI is InChI=1S/C23H32BrNO2Si/c1-8-20(27-28(6,7)23(2,3)4)22-19(10-9-11-21(22)26-5)25-16-17-12-14-18(24)15-13-17/h8-15,20,25H,1,16H2,2-7H3. The third-order valence-corrected chi connectivity index (χ3v) is 10.4. The van der Waals surface area contributed by atoms with Gasteiger partial charge >= 0.3 is 0 Å². The summed E-state index contributed by atoms with van der Waals surface area (Å²) < 4.78 is 13.4. The number of ether oxygens (including phenoxy) is 1. The lowest BCUT2D eigenvalue weighted by atomic mass is 10.1. The van der Waals surface area contributed by atoms with E-state index in [1.165, 1.54) is 5.56 Å². The summed E-state index contributed by atoms with van der Waals surface area (Å²) in [4.78, 5) is 0. The molecule has 0 aliphatic rings. The van der Waals surface area contributed by atoms with E-state index in [2.05, 4.69) is 92.0 Å². The van der Waals surface area contributed by atoms with Crippen molar-refractivity contribution >= 4 is 29.9 Å². The summed E-state index contributed by atoms with van der Waals surface area (Å²) >= 11 is 3.48. The molecular weight excluding hydrogens is 430 g/mol. The van der Waals surface area contributed by atoms with Crippen LogP contribution in [0.3, 0.4) is 0 Å². The molecule has 2 aromatic rings. The lowest BCUT2D eigenvalue weighted by molar-refractivity contribution is 0.225. The fourth-order valence-electron chi connectivity index (χ4n) is 2.69. The van der Waals surface area contributed by atoms with Gasteiger partial charge < -0.3 is 14.5 Å². The predicted octanol–water partition coefficient (Wildman–Crippen LogP) is 7.32. The van der Waals surface area contributed by atoms with Crippen LogP contribution in [0.25, 0.3) is 0 Å². The molecule has 0 radical (unpaired) electrons. The lowest BCUT2D eigenvalue weighted by Crippen LogP contribution is -2.41. The smallest absolute Gasteiger partial charge is 0.193 e. The summed E-state index contributed by atoms with van der Waals surface area (Å²) in [7, 11) is -0.285. The summed E-state index contributed by atoms with van der Waals surface area (Å²) in [6.45, 7) is 16.0. The quantitative estimate of drug-likeness (QED) is 0.329. The van der Waals surface area contributed by atoms with Crippen LogP contribution in [0.1, 0.15) is 38.0 Å². The predicted molar refractivity (Wildman–Crippen MR) is 126 cm³/mol. The number of rotatable bonds is 8. The van der Waals surface area contributed by atoms with Crippen LogP contribution in [-0.4, -0.2) is 15.4 Å². The normalized spacial score (nSPS) is 13.1. The van der Waals surface area contributed by atoms with Crippen molar-refractivity contribution in [3.05, 3.63) is 70.7 Å². The molecule has 0 aromatic heterocycles. The highest BCUT2D eigenvalue weighted by Gasteiger charge is 2.39. The Morgan fingerprint density at radius 1 is 1.14 bits per heavy atom. The second kappa shape index (κ2) is 9.29. The number of hydrogen-bond donors (Lipinski definition) is 1. The number of anilines is 1. The van der Waals surface area contributed by atoms with Gasteiger partial charge in [0.15, 0.2) is 8.32 Å². The average Bonchev–Trinajstić information content (AvgIpc) is 2.64. The topological polar surface area (TPSA) is 30.5 Å². The first-order chi connectivity index (χ1) is 13.1. The largest absolute Gasteiger partial charge is 0.496 e. The minimum absolute atomic E-state index is 0.112. The van der Waals surface area contributed by atoms with Gasteiger partial charge in [0, 0.05) is 22.3 Å². The average molecular weight is 463 g/mol. The molecule has 0 aliphatic carbocycles. The maximum absolute atomic E-state index is 6.68. The number of nitrogens with one attached hydrogen (secondary N) is 1. The Labute approximate surface area is 179 Å². The van der Waals surface area contributed by atoms with Crippen LogP contribution in [0.5, 0.6) is 5.75 Å². The first kappa shape index (κ1) is 22.7. The first-order valence-corrected chi connectivity index (χ1v) is 13.2. The van der Waals surface area contributed by atoms with Crippen LogP contribution in [-0.2, 0) is 11.0 Å². The molecule has 2 rings (SSSR count). The molecule has 1 atom stereocenters. The van der Waals surface area contributed by atoms with Gasteiger partial charge in [-0.3, -0.25) is 0 Å². The van der Waals surface area contributed by atoms with Gasteiger partial charge in [-0.2, -0.15) is 0 Å². The van der Waals surface area contributed by atoms with Gasteiger partial charge in [-0.15, -0.1) is 6.58 Å². The Morgan fingerprint density at radius 2 is 1.79 bits per heavy atom. The maximum Gasteiger partial charge on any atom is 0.193 e. The van der Waals surface area contributed by atoms with Crippen LogP contribution in [0, 0.1) is 0 Å². The van der Waals surface area contributed by atoms with E-state index in [4.69, 9.17) is 9.16 Å². The molecule has 0 aliphatic heterocycles. The highest BCUT2D eigenvalue weighted by molar-refractivity contribution is 9.10. The fourth-order valence-corrected chi connectivity index (χ4v) is 4.16. The highest BCUT2D eigenvalue weighted by atomic mass is 79.9. The monoisotopic (exact) mass is 461 g/mol. The molecule has 28 heavy (non-hydrogen) atoms. The maximum atomic E-state index is 6.68. The Hall–Kier alpha value is -1.56. The first-order valence-electron chi connectivity index (χ1n) is 9.54. The molecule has 152 valence electrons. The zero-order chi connectivity index (χ0) is 20.9.